The van der Waals surface area contributed by atoms with Crippen molar-refractivity contribution >= 4 is 27.5 Å². The van der Waals surface area contributed by atoms with Crippen LogP contribution < -0.4 is 10.0 Å². The summed E-state index contributed by atoms with van der Waals surface area (Å²) in [5.74, 6) is -0.440. The highest BCUT2D eigenvalue weighted by atomic mass is 35.5. The van der Waals surface area contributed by atoms with Crippen molar-refractivity contribution in [1.82, 2.24) is 10.0 Å². The minimum absolute atomic E-state index is 0.0340. The number of nitrogens with one attached hydrogen (secondary N) is 2. The molecule has 0 aliphatic carbocycles. The van der Waals surface area contributed by atoms with Crippen LogP contribution in [0.1, 0.15) is 30.1 Å². The van der Waals surface area contributed by atoms with Gasteiger partial charge in [0.1, 0.15) is 6.04 Å². The molecule has 3 rings (SSSR count). The Hall–Kier alpha value is -2.67. The van der Waals surface area contributed by atoms with Crippen LogP contribution in [0.3, 0.4) is 0 Å². The Morgan fingerprint density at radius 1 is 0.828 bits per heavy atom. The number of carbonyl (C=O) groups excluding carboxylic acids is 1. The quantitative estimate of drug-likeness (QED) is 0.591. The molecule has 29 heavy (non-hydrogen) atoms. The van der Waals surface area contributed by atoms with Gasteiger partial charge in [-0.05, 0) is 42.3 Å². The molecule has 2 unspecified atom stereocenters. The maximum absolute atomic E-state index is 13.0. The topological polar surface area (TPSA) is 75.3 Å². The van der Waals surface area contributed by atoms with Crippen molar-refractivity contribution < 1.29 is 13.2 Å². The second kappa shape index (κ2) is 9.22. The molecule has 0 aliphatic heterocycles. The molecule has 0 aromatic heterocycles. The van der Waals surface area contributed by atoms with Crippen LogP contribution in [-0.4, -0.2) is 14.3 Å². The molecular weight excluding hydrogens is 408 g/mol. The van der Waals surface area contributed by atoms with Crippen LogP contribution in [0.15, 0.2) is 89.8 Å². The van der Waals surface area contributed by atoms with Gasteiger partial charge in [0.2, 0.25) is 15.9 Å². The number of hydrogen-bond acceptors (Lipinski definition) is 3. The molecule has 0 fully saturated rings. The van der Waals surface area contributed by atoms with E-state index < -0.39 is 22.0 Å². The van der Waals surface area contributed by atoms with E-state index in [1.54, 1.807) is 30.3 Å². The molecule has 0 bridgehead atoms. The van der Waals surface area contributed by atoms with Gasteiger partial charge in [-0.3, -0.25) is 4.79 Å². The lowest BCUT2D eigenvalue weighted by molar-refractivity contribution is -0.123. The molecule has 0 aliphatic rings. The van der Waals surface area contributed by atoms with Gasteiger partial charge < -0.3 is 5.32 Å². The molecule has 0 spiro atoms. The summed E-state index contributed by atoms with van der Waals surface area (Å²) in [5, 5.41) is 3.32. The van der Waals surface area contributed by atoms with Crippen molar-refractivity contribution in [3.05, 3.63) is 101 Å². The third kappa shape index (κ3) is 5.44. The fourth-order valence-electron chi connectivity index (χ4n) is 2.88. The Kier molecular flexibility index (Phi) is 6.69. The Balaban J connectivity index is 1.87. The van der Waals surface area contributed by atoms with Gasteiger partial charge in [-0.15, -0.1) is 0 Å². The van der Waals surface area contributed by atoms with Crippen LogP contribution in [0.4, 0.5) is 0 Å². The Labute approximate surface area is 175 Å². The number of hydrogen-bond donors (Lipinski definition) is 2. The van der Waals surface area contributed by atoms with Gasteiger partial charge in [0.15, 0.2) is 0 Å². The molecule has 1 amide bonds. The largest absolute Gasteiger partial charge is 0.348 e. The van der Waals surface area contributed by atoms with Gasteiger partial charge in [-0.1, -0.05) is 72.3 Å². The summed E-state index contributed by atoms with van der Waals surface area (Å²) in [6, 6.07) is 22.6. The number of halogens is 1. The molecule has 0 radical (unpaired) electrons. The summed E-state index contributed by atoms with van der Waals surface area (Å²) in [6.07, 6.45) is 0. The molecule has 0 saturated heterocycles. The maximum atomic E-state index is 13.0. The van der Waals surface area contributed by atoms with Gasteiger partial charge in [-0.2, -0.15) is 4.72 Å². The van der Waals surface area contributed by atoms with Crippen molar-refractivity contribution in [1.29, 1.82) is 0 Å². The molecule has 7 heteroatoms. The first-order valence-electron chi connectivity index (χ1n) is 9.05. The highest BCUT2D eigenvalue weighted by Crippen LogP contribution is 2.21. The highest BCUT2D eigenvalue weighted by Gasteiger charge is 2.28. The SMILES string of the molecule is CC(NC(=O)C(NS(=O)(=O)c1ccc(Cl)cc1)c1ccccc1)c1ccccc1. The second-order valence-electron chi connectivity index (χ2n) is 6.56. The van der Waals surface area contributed by atoms with Gasteiger partial charge in [0, 0.05) is 5.02 Å². The summed E-state index contributed by atoms with van der Waals surface area (Å²) in [7, 11) is -3.94. The zero-order valence-electron chi connectivity index (χ0n) is 15.7. The van der Waals surface area contributed by atoms with E-state index in [4.69, 9.17) is 11.6 Å². The minimum Gasteiger partial charge on any atom is -0.348 e. The molecule has 3 aromatic rings. The van der Waals surface area contributed by atoms with Crippen molar-refractivity contribution in [2.75, 3.05) is 0 Å². The van der Waals surface area contributed by atoms with E-state index in [1.807, 2.05) is 37.3 Å². The number of benzene rings is 3. The minimum atomic E-state index is -3.94. The first kappa shape index (κ1) is 21.0. The van der Waals surface area contributed by atoms with E-state index in [9.17, 15) is 13.2 Å². The van der Waals surface area contributed by atoms with E-state index in [0.29, 0.717) is 10.6 Å². The summed E-state index contributed by atoms with van der Waals surface area (Å²) in [6.45, 7) is 1.85. The molecule has 0 saturated carbocycles. The summed E-state index contributed by atoms with van der Waals surface area (Å²) >= 11 is 5.85. The lowest BCUT2D eigenvalue weighted by atomic mass is 10.1. The Morgan fingerprint density at radius 3 is 1.90 bits per heavy atom. The normalized spacial score (nSPS) is 13.4. The van der Waals surface area contributed by atoms with Crippen LogP contribution in [-0.2, 0) is 14.8 Å². The molecule has 150 valence electrons. The number of amides is 1. The third-order valence-corrected chi connectivity index (χ3v) is 6.14. The number of rotatable bonds is 7. The van der Waals surface area contributed by atoms with Crippen molar-refractivity contribution in [2.45, 2.75) is 23.9 Å². The lowest BCUT2D eigenvalue weighted by Crippen LogP contribution is -2.41. The molecule has 0 heterocycles. The number of carbonyl (C=O) groups is 1. The van der Waals surface area contributed by atoms with Gasteiger partial charge >= 0.3 is 0 Å². The van der Waals surface area contributed by atoms with Gasteiger partial charge in [0.25, 0.3) is 0 Å². The molecular formula is C22H21ClN2O3S. The lowest BCUT2D eigenvalue weighted by Gasteiger charge is -2.22. The van der Waals surface area contributed by atoms with Gasteiger partial charge in [0.05, 0.1) is 10.9 Å². The average molecular weight is 429 g/mol. The Bertz CT molecular complexity index is 1060. The average Bonchev–Trinajstić information content (AvgIpc) is 2.73. The van der Waals surface area contributed by atoms with Crippen LogP contribution in [0.2, 0.25) is 5.02 Å². The van der Waals surface area contributed by atoms with Crippen LogP contribution in [0.5, 0.6) is 0 Å². The number of sulfonamides is 1. The first-order chi connectivity index (χ1) is 13.9. The summed E-state index contributed by atoms with van der Waals surface area (Å²) in [4.78, 5) is 13.1. The zero-order chi connectivity index (χ0) is 20.9. The predicted molar refractivity (Wildman–Crippen MR) is 114 cm³/mol. The van der Waals surface area contributed by atoms with Gasteiger partial charge in [-0.25, -0.2) is 8.42 Å². The molecule has 2 N–H and O–H groups in total. The van der Waals surface area contributed by atoms with E-state index in [-0.39, 0.29) is 10.9 Å². The van der Waals surface area contributed by atoms with E-state index >= 15 is 0 Å². The fourth-order valence-corrected chi connectivity index (χ4v) is 4.19. The standard InChI is InChI=1S/C22H21ClN2O3S/c1-16(17-8-4-2-5-9-17)24-22(26)21(18-10-6-3-7-11-18)25-29(27,28)20-14-12-19(23)13-15-20/h2-16,21,25H,1H3,(H,24,26). The smallest absolute Gasteiger partial charge is 0.243 e. The summed E-state index contributed by atoms with van der Waals surface area (Å²) in [5.41, 5.74) is 1.47. The zero-order valence-corrected chi connectivity index (χ0v) is 17.3. The van der Waals surface area contributed by atoms with Crippen molar-refractivity contribution in [3.63, 3.8) is 0 Å². The Morgan fingerprint density at radius 2 is 1.34 bits per heavy atom. The first-order valence-corrected chi connectivity index (χ1v) is 10.9. The third-order valence-electron chi connectivity index (χ3n) is 4.45. The highest BCUT2D eigenvalue weighted by molar-refractivity contribution is 7.89. The molecule has 5 nitrogen and oxygen atoms in total. The predicted octanol–water partition coefficient (Wildman–Crippen LogP) is 4.24. The fraction of sp³-hybridized carbons (Fsp3) is 0.136. The van der Waals surface area contributed by atoms with E-state index in [1.165, 1.54) is 24.3 Å². The van der Waals surface area contributed by atoms with E-state index in [0.717, 1.165) is 5.56 Å². The van der Waals surface area contributed by atoms with Crippen LogP contribution in [0.25, 0.3) is 0 Å². The monoisotopic (exact) mass is 428 g/mol. The van der Waals surface area contributed by atoms with Crippen LogP contribution in [0, 0.1) is 0 Å². The summed E-state index contributed by atoms with van der Waals surface area (Å²) < 4.78 is 28.2. The van der Waals surface area contributed by atoms with Crippen LogP contribution >= 0.6 is 11.6 Å². The second-order valence-corrected chi connectivity index (χ2v) is 8.71. The molecule has 2 atom stereocenters. The van der Waals surface area contributed by atoms with Crippen molar-refractivity contribution in [3.8, 4) is 0 Å². The maximum Gasteiger partial charge on any atom is 0.243 e. The van der Waals surface area contributed by atoms with E-state index in [2.05, 4.69) is 10.0 Å². The van der Waals surface area contributed by atoms with Crippen molar-refractivity contribution in [2.24, 2.45) is 0 Å². The molecule has 3 aromatic carbocycles.